The molecule has 0 aromatic carbocycles. The second-order valence-corrected chi connectivity index (χ2v) is 3.51. The topological polar surface area (TPSA) is 96.2 Å². The van der Waals surface area contributed by atoms with E-state index in [2.05, 4.69) is 20.7 Å². The lowest BCUT2D eigenvalue weighted by molar-refractivity contribution is -0.121. The van der Waals surface area contributed by atoms with Crippen molar-refractivity contribution in [3.05, 3.63) is 18.1 Å². The van der Waals surface area contributed by atoms with E-state index in [1.165, 1.54) is 0 Å². The van der Waals surface area contributed by atoms with E-state index in [-0.39, 0.29) is 5.91 Å². The number of nitrogens with two attached hydrogens (primary N) is 1. The summed E-state index contributed by atoms with van der Waals surface area (Å²) >= 11 is 0. The molecule has 0 aliphatic rings. The standard InChI is InChI=1S/C10H18N6O/c1-3-16(7-10(17)12-2)6-8-4-14-9(15-11)5-13-8/h4-5H,3,6-7,11H2,1-2H3,(H,12,17)(H,14,15). The molecule has 4 N–H and O–H groups in total. The van der Waals surface area contributed by atoms with Crippen LogP contribution in [0.2, 0.25) is 0 Å². The van der Waals surface area contributed by atoms with Crippen molar-refractivity contribution in [3.8, 4) is 0 Å². The Kier molecular flexibility index (Phi) is 5.31. The van der Waals surface area contributed by atoms with Crippen molar-refractivity contribution < 1.29 is 4.79 Å². The number of nitrogens with one attached hydrogen (secondary N) is 2. The molecule has 7 nitrogen and oxygen atoms in total. The van der Waals surface area contributed by atoms with Crippen molar-refractivity contribution in [1.29, 1.82) is 0 Å². The van der Waals surface area contributed by atoms with Gasteiger partial charge in [0.1, 0.15) is 0 Å². The molecular formula is C10H18N6O. The Hall–Kier alpha value is -1.73. The van der Waals surface area contributed by atoms with Crippen molar-refractivity contribution in [2.75, 3.05) is 25.6 Å². The number of likely N-dealkylation sites (N-methyl/N-ethyl adjacent to an activating group) is 2. The van der Waals surface area contributed by atoms with Crippen LogP contribution in [0.3, 0.4) is 0 Å². The third-order valence-electron chi connectivity index (χ3n) is 2.33. The van der Waals surface area contributed by atoms with Gasteiger partial charge in [-0.1, -0.05) is 6.92 Å². The van der Waals surface area contributed by atoms with Crippen LogP contribution < -0.4 is 16.6 Å². The Morgan fingerprint density at radius 3 is 2.71 bits per heavy atom. The third kappa shape index (κ3) is 4.33. The van der Waals surface area contributed by atoms with Crippen molar-refractivity contribution in [1.82, 2.24) is 20.2 Å². The summed E-state index contributed by atoms with van der Waals surface area (Å²) in [4.78, 5) is 21.5. The minimum Gasteiger partial charge on any atom is -0.358 e. The molecule has 0 fully saturated rings. The molecule has 94 valence electrons. The van der Waals surface area contributed by atoms with Gasteiger partial charge in [-0.25, -0.2) is 10.8 Å². The number of rotatable bonds is 6. The number of anilines is 1. The number of amides is 1. The quantitative estimate of drug-likeness (QED) is 0.449. The number of nitrogens with zero attached hydrogens (tertiary/aromatic N) is 3. The zero-order chi connectivity index (χ0) is 12.7. The number of carbonyl (C=O) groups excluding carboxylic acids is 1. The monoisotopic (exact) mass is 238 g/mol. The minimum atomic E-state index is -0.0138. The third-order valence-corrected chi connectivity index (χ3v) is 2.33. The molecule has 0 atom stereocenters. The van der Waals surface area contributed by atoms with Crippen molar-refractivity contribution in [2.45, 2.75) is 13.5 Å². The lowest BCUT2D eigenvalue weighted by atomic mass is 10.3. The van der Waals surface area contributed by atoms with Crippen molar-refractivity contribution in [2.24, 2.45) is 5.84 Å². The van der Waals surface area contributed by atoms with Crippen LogP contribution in [-0.2, 0) is 11.3 Å². The maximum atomic E-state index is 11.3. The molecule has 1 heterocycles. The van der Waals surface area contributed by atoms with E-state index in [0.717, 1.165) is 12.2 Å². The molecule has 1 aromatic heterocycles. The Labute approximate surface area is 100 Å². The Balaban J connectivity index is 2.57. The number of nitrogen functional groups attached to an aromatic ring is 1. The van der Waals surface area contributed by atoms with Crippen LogP contribution in [0, 0.1) is 0 Å². The first-order valence-electron chi connectivity index (χ1n) is 5.40. The van der Waals surface area contributed by atoms with E-state index in [0.29, 0.717) is 18.9 Å². The van der Waals surface area contributed by atoms with Gasteiger partial charge in [0.25, 0.3) is 0 Å². The molecule has 1 aromatic rings. The highest BCUT2D eigenvalue weighted by Crippen LogP contribution is 2.02. The number of aromatic nitrogens is 2. The summed E-state index contributed by atoms with van der Waals surface area (Å²) in [6.07, 6.45) is 3.20. The van der Waals surface area contributed by atoms with Gasteiger partial charge in [-0.3, -0.25) is 14.7 Å². The van der Waals surface area contributed by atoms with Gasteiger partial charge >= 0.3 is 0 Å². The molecule has 7 heteroatoms. The number of hydrazine groups is 1. The van der Waals surface area contributed by atoms with Crippen LogP contribution in [0.5, 0.6) is 0 Å². The molecule has 0 aliphatic carbocycles. The maximum absolute atomic E-state index is 11.3. The summed E-state index contributed by atoms with van der Waals surface area (Å²) in [7, 11) is 1.62. The SMILES string of the molecule is CCN(CC(=O)NC)Cc1cnc(NN)cn1. The maximum Gasteiger partial charge on any atom is 0.233 e. The Morgan fingerprint density at radius 2 is 2.24 bits per heavy atom. The van der Waals surface area contributed by atoms with E-state index in [9.17, 15) is 4.79 Å². The predicted molar refractivity (Wildman–Crippen MR) is 64.9 cm³/mol. The Morgan fingerprint density at radius 1 is 1.47 bits per heavy atom. The van der Waals surface area contributed by atoms with E-state index in [1.54, 1.807) is 19.4 Å². The molecule has 0 radical (unpaired) electrons. The van der Waals surface area contributed by atoms with Gasteiger partial charge in [0.05, 0.1) is 24.6 Å². The van der Waals surface area contributed by atoms with Crippen LogP contribution in [0.4, 0.5) is 5.82 Å². The average molecular weight is 238 g/mol. The molecule has 0 aliphatic heterocycles. The zero-order valence-electron chi connectivity index (χ0n) is 10.1. The number of hydrogen-bond acceptors (Lipinski definition) is 6. The van der Waals surface area contributed by atoms with Crippen LogP contribution >= 0.6 is 0 Å². The van der Waals surface area contributed by atoms with E-state index >= 15 is 0 Å². The highest BCUT2D eigenvalue weighted by Gasteiger charge is 2.09. The van der Waals surface area contributed by atoms with E-state index < -0.39 is 0 Å². The summed E-state index contributed by atoms with van der Waals surface area (Å²) < 4.78 is 0. The summed E-state index contributed by atoms with van der Waals surface area (Å²) in [6.45, 7) is 3.70. The number of hydrogen-bond donors (Lipinski definition) is 3. The van der Waals surface area contributed by atoms with Crippen LogP contribution in [-0.4, -0.2) is 40.9 Å². The highest BCUT2D eigenvalue weighted by atomic mass is 16.1. The molecule has 0 unspecified atom stereocenters. The summed E-state index contributed by atoms with van der Waals surface area (Å²) in [5, 5.41) is 2.59. The van der Waals surface area contributed by atoms with Gasteiger partial charge in [-0.2, -0.15) is 0 Å². The van der Waals surface area contributed by atoms with Crippen LogP contribution in [0.1, 0.15) is 12.6 Å². The smallest absolute Gasteiger partial charge is 0.233 e. The van der Waals surface area contributed by atoms with Crippen LogP contribution in [0.15, 0.2) is 12.4 Å². The number of carbonyl (C=O) groups is 1. The first-order valence-corrected chi connectivity index (χ1v) is 5.40. The van der Waals surface area contributed by atoms with Gasteiger partial charge in [-0.15, -0.1) is 0 Å². The lowest BCUT2D eigenvalue weighted by Crippen LogP contribution is -2.35. The second kappa shape index (κ2) is 6.77. The molecular weight excluding hydrogens is 220 g/mol. The first kappa shape index (κ1) is 13.3. The summed E-state index contributed by atoms with van der Waals surface area (Å²) in [5.41, 5.74) is 3.21. The molecule has 0 bridgehead atoms. The largest absolute Gasteiger partial charge is 0.358 e. The van der Waals surface area contributed by atoms with Crippen molar-refractivity contribution in [3.63, 3.8) is 0 Å². The van der Waals surface area contributed by atoms with Gasteiger partial charge in [0.2, 0.25) is 5.91 Å². The van der Waals surface area contributed by atoms with Gasteiger partial charge < -0.3 is 10.7 Å². The molecule has 0 spiro atoms. The zero-order valence-corrected chi connectivity index (χ0v) is 10.1. The predicted octanol–water partition coefficient (Wildman–Crippen LogP) is -0.670. The molecule has 17 heavy (non-hydrogen) atoms. The normalized spacial score (nSPS) is 10.4. The minimum absolute atomic E-state index is 0.0138. The van der Waals surface area contributed by atoms with Crippen molar-refractivity contribution >= 4 is 11.7 Å². The second-order valence-electron chi connectivity index (χ2n) is 3.51. The van der Waals surface area contributed by atoms with Gasteiger partial charge in [-0.05, 0) is 6.54 Å². The first-order chi connectivity index (χ1) is 8.19. The average Bonchev–Trinajstić information content (AvgIpc) is 2.38. The fourth-order valence-electron chi connectivity index (χ4n) is 1.30. The molecule has 0 saturated carbocycles. The highest BCUT2D eigenvalue weighted by molar-refractivity contribution is 5.77. The molecule has 1 amide bonds. The fourth-order valence-corrected chi connectivity index (χ4v) is 1.30. The summed E-state index contributed by atoms with van der Waals surface area (Å²) in [6, 6.07) is 0. The molecule has 1 rings (SSSR count). The fraction of sp³-hybridized carbons (Fsp3) is 0.500. The van der Waals surface area contributed by atoms with Gasteiger partial charge in [0, 0.05) is 13.6 Å². The van der Waals surface area contributed by atoms with Gasteiger partial charge in [0.15, 0.2) is 5.82 Å². The van der Waals surface area contributed by atoms with E-state index in [1.807, 2.05) is 11.8 Å². The molecule has 0 saturated heterocycles. The lowest BCUT2D eigenvalue weighted by Gasteiger charge is -2.18. The van der Waals surface area contributed by atoms with Crippen LogP contribution in [0.25, 0.3) is 0 Å². The van der Waals surface area contributed by atoms with E-state index in [4.69, 9.17) is 5.84 Å². The summed E-state index contributed by atoms with van der Waals surface area (Å²) in [5.74, 6) is 5.70. The Bertz CT molecular complexity index is 352.